The third kappa shape index (κ3) is 3.44. The van der Waals surface area contributed by atoms with Crippen molar-refractivity contribution in [1.29, 1.82) is 0 Å². The SMILES string of the molecule is OCc1ccc(CCC(O)(c2ccccc2)C2CN3CCC2CC3)cc1.[HH].[HH]. The standard InChI is InChI=1S/C23H29NO2.2H2/c25-17-19-8-6-18(7-9-19)10-13-23(26,21-4-2-1-3-5-21)22-16-24-14-11-20(22)12-15-24;;/h1-9,20,22,25-26H,10-17H2;2*1H. The average Bonchev–Trinajstić information content (AvgIpc) is 2.74. The predicted octanol–water partition coefficient (Wildman–Crippen LogP) is 3.83. The zero-order chi connectivity index (χ0) is 18.0. The molecule has 3 nitrogen and oxygen atoms in total. The molecule has 2 atom stereocenters. The summed E-state index contributed by atoms with van der Waals surface area (Å²) in [5.41, 5.74) is 2.44. The zero-order valence-electron chi connectivity index (χ0n) is 15.3. The highest BCUT2D eigenvalue weighted by Crippen LogP contribution is 2.45. The Hall–Kier alpha value is -1.68. The van der Waals surface area contributed by atoms with Crippen LogP contribution >= 0.6 is 0 Å². The molecule has 5 rings (SSSR count). The van der Waals surface area contributed by atoms with Crippen LogP contribution in [0.15, 0.2) is 54.6 Å². The van der Waals surface area contributed by atoms with Gasteiger partial charge in [-0.25, -0.2) is 0 Å². The summed E-state index contributed by atoms with van der Waals surface area (Å²) in [7, 11) is 0. The van der Waals surface area contributed by atoms with Crippen LogP contribution in [-0.2, 0) is 18.6 Å². The quantitative estimate of drug-likeness (QED) is 0.828. The Morgan fingerprint density at radius 1 is 0.962 bits per heavy atom. The molecule has 3 aliphatic heterocycles. The first-order chi connectivity index (χ1) is 12.7. The lowest BCUT2D eigenvalue weighted by molar-refractivity contribution is -0.106. The van der Waals surface area contributed by atoms with Gasteiger partial charge in [0.15, 0.2) is 0 Å². The Labute approximate surface area is 159 Å². The third-order valence-electron chi connectivity index (χ3n) is 6.54. The molecule has 3 fully saturated rings. The minimum Gasteiger partial charge on any atom is -0.392 e. The first kappa shape index (κ1) is 17.7. The van der Waals surface area contributed by atoms with Crippen LogP contribution in [0, 0.1) is 11.8 Å². The van der Waals surface area contributed by atoms with Crippen molar-refractivity contribution in [2.75, 3.05) is 19.6 Å². The zero-order valence-corrected chi connectivity index (χ0v) is 15.3. The maximum Gasteiger partial charge on any atom is 0.0942 e. The second-order valence-electron chi connectivity index (χ2n) is 8.01. The molecule has 2 bridgehead atoms. The van der Waals surface area contributed by atoms with Crippen LogP contribution in [0.1, 0.15) is 38.8 Å². The van der Waals surface area contributed by atoms with Crippen molar-refractivity contribution in [3.05, 3.63) is 71.3 Å². The van der Waals surface area contributed by atoms with Gasteiger partial charge in [-0.1, -0.05) is 54.6 Å². The van der Waals surface area contributed by atoms with Gasteiger partial charge in [0.25, 0.3) is 0 Å². The molecule has 3 heteroatoms. The van der Waals surface area contributed by atoms with E-state index in [1.807, 2.05) is 30.3 Å². The molecule has 0 radical (unpaired) electrons. The summed E-state index contributed by atoms with van der Waals surface area (Å²) in [5, 5.41) is 21.1. The molecule has 0 aromatic heterocycles. The van der Waals surface area contributed by atoms with Crippen LogP contribution in [0.2, 0.25) is 0 Å². The van der Waals surface area contributed by atoms with E-state index in [4.69, 9.17) is 0 Å². The molecule has 26 heavy (non-hydrogen) atoms. The van der Waals surface area contributed by atoms with Gasteiger partial charge in [0.05, 0.1) is 12.2 Å². The van der Waals surface area contributed by atoms with Crippen molar-refractivity contribution in [2.24, 2.45) is 11.8 Å². The van der Waals surface area contributed by atoms with E-state index in [9.17, 15) is 10.2 Å². The number of aliphatic hydroxyl groups is 2. The first-order valence-corrected chi connectivity index (χ1v) is 9.88. The van der Waals surface area contributed by atoms with Gasteiger partial charge in [-0.15, -0.1) is 0 Å². The van der Waals surface area contributed by atoms with E-state index in [0.717, 1.165) is 30.5 Å². The maximum absolute atomic E-state index is 11.9. The fraction of sp³-hybridized carbons (Fsp3) is 0.478. The van der Waals surface area contributed by atoms with E-state index in [1.54, 1.807) is 0 Å². The van der Waals surface area contributed by atoms with Gasteiger partial charge in [-0.3, -0.25) is 0 Å². The van der Waals surface area contributed by atoms with E-state index < -0.39 is 5.60 Å². The summed E-state index contributed by atoms with van der Waals surface area (Å²) in [6, 6.07) is 18.4. The van der Waals surface area contributed by atoms with Crippen LogP contribution < -0.4 is 0 Å². The summed E-state index contributed by atoms with van der Waals surface area (Å²) in [6.45, 7) is 3.47. The summed E-state index contributed by atoms with van der Waals surface area (Å²) in [6.07, 6.45) is 4.01. The average molecular weight is 356 g/mol. The van der Waals surface area contributed by atoms with Gasteiger partial charge in [-0.05, 0) is 61.4 Å². The molecule has 0 amide bonds. The molecule has 2 aromatic rings. The number of hydrogen-bond acceptors (Lipinski definition) is 3. The second-order valence-corrected chi connectivity index (χ2v) is 8.01. The molecular weight excluding hydrogens is 322 g/mol. The van der Waals surface area contributed by atoms with Crippen molar-refractivity contribution in [1.82, 2.24) is 4.90 Å². The molecule has 2 N–H and O–H groups in total. The first-order valence-electron chi connectivity index (χ1n) is 9.88. The van der Waals surface area contributed by atoms with Gasteiger partial charge in [-0.2, -0.15) is 0 Å². The lowest BCUT2D eigenvalue weighted by atomic mass is 9.66. The Bertz CT molecular complexity index is 717. The molecule has 2 unspecified atom stereocenters. The molecule has 3 saturated heterocycles. The largest absolute Gasteiger partial charge is 0.392 e. The molecule has 142 valence electrons. The summed E-state index contributed by atoms with van der Waals surface area (Å²) < 4.78 is 0. The Morgan fingerprint density at radius 2 is 1.62 bits per heavy atom. The number of rotatable bonds is 6. The normalized spacial score (nSPS) is 27.2. The highest BCUT2D eigenvalue weighted by Gasteiger charge is 2.47. The number of nitrogens with zero attached hydrogens (tertiary/aromatic N) is 1. The number of fused-ring (bicyclic) bond motifs is 3. The predicted molar refractivity (Wildman–Crippen MR) is 108 cm³/mol. The van der Waals surface area contributed by atoms with E-state index in [2.05, 4.69) is 29.2 Å². The monoisotopic (exact) mass is 355 g/mol. The van der Waals surface area contributed by atoms with Crippen molar-refractivity contribution in [3.8, 4) is 0 Å². The van der Waals surface area contributed by atoms with E-state index >= 15 is 0 Å². The summed E-state index contributed by atoms with van der Waals surface area (Å²) in [5.74, 6) is 0.936. The third-order valence-corrected chi connectivity index (χ3v) is 6.54. The molecule has 3 heterocycles. The van der Waals surface area contributed by atoms with Crippen molar-refractivity contribution in [2.45, 2.75) is 37.9 Å². The fourth-order valence-electron chi connectivity index (χ4n) is 4.92. The highest BCUT2D eigenvalue weighted by molar-refractivity contribution is 5.27. The Kier molecular flexibility index (Phi) is 5.12. The van der Waals surface area contributed by atoms with Crippen LogP contribution in [0.25, 0.3) is 0 Å². The smallest absolute Gasteiger partial charge is 0.0942 e. The van der Waals surface area contributed by atoms with Crippen LogP contribution in [-0.4, -0.2) is 34.7 Å². The minimum absolute atomic E-state index is 0. The molecular formula is C23H33NO2. The van der Waals surface area contributed by atoms with Crippen LogP contribution in [0.4, 0.5) is 0 Å². The van der Waals surface area contributed by atoms with Crippen molar-refractivity contribution in [3.63, 3.8) is 0 Å². The summed E-state index contributed by atoms with van der Waals surface area (Å²) in [4.78, 5) is 2.52. The van der Waals surface area contributed by atoms with E-state index in [0.29, 0.717) is 11.8 Å². The number of hydrogen-bond donors (Lipinski definition) is 2. The minimum atomic E-state index is -0.777. The van der Waals surface area contributed by atoms with E-state index in [-0.39, 0.29) is 9.46 Å². The van der Waals surface area contributed by atoms with Crippen LogP contribution in [0.3, 0.4) is 0 Å². The van der Waals surface area contributed by atoms with Crippen molar-refractivity contribution >= 4 is 0 Å². The van der Waals surface area contributed by atoms with Gasteiger partial charge < -0.3 is 15.1 Å². The van der Waals surface area contributed by atoms with E-state index in [1.165, 1.54) is 31.5 Å². The number of benzene rings is 2. The maximum atomic E-state index is 11.9. The Morgan fingerprint density at radius 3 is 2.19 bits per heavy atom. The number of aryl methyl sites for hydroxylation is 1. The topological polar surface area (TPSA) is 43.7 Å². The number of piperidine rings is 3. The van der Waals surface area contributed by atoms with Gasteiger partial charge in [0.1, 0.15) is 0 Å². The summed E-state index contributed by atoms with van der Waals surface area (Å²) >= 11 is 0. The van der Waals surface area contributed by atoms with Gasteiger partial charge >= 0.3 is 0 Å². The molecule has 3 aliphatic rings. The molecule has 0 aliphatic carbocycles. The molecule has 2 aromatic carbocycles. The van der Waals surface area contributed by atoms with Crippen LogP contribution in [0.5, 0.6) is 0 Å². The highest BCUT2D eigenvalue weighted by atomic mass is 16.3. The molecule has 0 spiro atoms. The fourth-order valence-corrected chi connectivity index (χ4v) is 4.92. The number of aliphatic hydroxyl groups excluding tert-OH is 1. The Balaban J connectivity index is 0.00000140. The lowest BCUT2D eigenvalue weighted by Crippen LogP contribution is -2.55. The second kappa shape index (κ2) is 7.51. The van der Waals surface area contributed by atoms with Crippen molar-refractivity contribution < 1.29 is 13.1 Å². The molecule has 0 saturated carbocycles. The van der Waals surface area contributed by atoms with Gasteiger partial charge in [0, 0.05) is 15.3 Å². The lowest BCUT2D eigenvalue weighted by Gasteiger charge is -2.51. The van der Waals surface area contributed by atoms with Gasteiger partial charge in [0.2, 0.25) is 0 Å².